The van der Waals surface area contributed by atoms with E-state index in [0.29, 0.717) is 19.8 Å². The molecule has 0 saturated carbocycles. The molecule has 0 aliphatic carbocycles. The third-order valence-corrected chi connectivity index (χ3v) is 3.43. The first kappa shape index (κ1) is 14.3. The average molecular weight is 265 g/mol. The minimum atomic E-state index is -0.409. The zero-order chi connectivity index (χ0) is 13.5. The third-order valence-electron chi connectivity index (χ3n) is 3.43. The fraction of sp³-hybridized carbons (Fsp3) is 0.600. The predicted molar refractivity (Wildman–Crippen MR) is 74.3 cm³/mol. The van der Waals surface area contributed by atoms with Gasteiger partial charge in [-0.1, -0.05) is 18.2 Å². The molecule has 0 bridgehead atoms. The number of para-hydroxylation sites is 1. The van der Waals surface area contributed by atoms with Crippen LogP contribution in [0.15, 0.2) is 24.3 Å². The highest BCUT2D eigenvalue weighted by molar-refractivity contribution is 5.32. The first-order chi connectivity index (χ1) is 9.29. The summed E-state index contributed by atoms with van der Waals surface area (Å²) >= 11 is 0. The number of methoxy groups -OCH3 is 1. The van der Waals surface area contributed by atoms with E-state index in [2.05, 4.69) is 4.90 Å². The number of hydrogen-bond donors (Lipinski definition) is 1. The molecule has 1 aliphatic rings. The van der Waals surface area contributed by atoms with Crippen molar-refractivity contribution in [2.75, 3.05) is 33.4 Å². The monoisotopic (exact) mass is 265 g/mol. The quantitative estimate of drug-likeness (QED) is 0.814. The maximum Gasteiger partial charge on any atom is 0.124 e. The number of β-amino-alcohol motifs (C(OH)–C–C–N with tert-alkyl or cyclic N) is 1. The summed E-state index contributed by atoms with van der Waals surface area (Å²) in [4.78, 5) is 2.29. The minimum absolute atomic E-state index is 0.370. The van der Waals surface area contributed by atoms with Gasteiger partial charge in [-0.25, -0.2) is 0 Å². The number of nitrogens with zero attached hydrogens (tertiary/aromatic N) is 1. The Morgan fingerprint density at radius 3 is 2.74 bits per heavy atom. The molecule has 1 saturated heterocycles. The van der Waals surface area contributed by atoms with Gasteiger partial charge in [-0.05, 0) is 32.0 Å². The molecule has 19 heavy (non-hydrogen) atoms. The van der Waals surface area contributed by atoms with Crippen LogP contribution in [0, 0.1) is 0 Å². The number of benzene rings is 1. The lowest BCUT2D eigenvalue weighted by Gasteiger charge is -2.19. The largest absolute Gasteiger partial charge is 0.496 e. The van der Waals surface area contributed by atoms with E-state index in [1.807, 2.05) is 24.3 Å². The molecule has 1 atom stereocenters. The summed E-state index contributed by atoms with van der Waals surface area (Å²) in [6.07, 6.45) is 2.08. The average Bonchev–Trinajstić information content (AvgIpc) is 2.92. The van der Waals surface area contributed by atoms with Crippen molar-refractivity contribution in [1.29, 1.82) is 0 Å². The molecule has 4 heteroatoms. The maximum absolute atomic E-state index is 9.92. The molecule has 1 aromatic rings. The molecule has 0 amide bonds. The van der Waals surface area contributed by atoms with Crippen molar-refractivity contribution in [2.24, 2.45) is 0 Å². The Bertz CT molecular complexity index is 377. The van der Waals surface area contributed by atoms with Crippen LogP contribution >= 0.6 is 0 Å². The van der Waals surface area contributed by atoms with Crippen molar-refractivity contribution >= 4 is 0 Å². The van der Waals surface area contributed by atoms with E-state index in [9.17, 15) is 5.11 Å². The molecule has 1 aliphatic heterocycles. The SMILES string of the molecule is COc1ccccc1COC[C@H](O)CN1CCCC1. The molecule has 0 spiro atoms. The van der Waals surface area contributed by atoms with Gasteiger partial charge in [0.05, 0.1) is 26.4 Å². The fourth-order valence-electron chi connectivity index (χ4n) is 2.44. The Balaban J connectivity index is 1.70. The van der Waals surface area contributed by atoms with Gasteiger partial charge >= 0.3 is 0 Å². The van der Waals surface area contributed by atoms with Gasteiger partial charge in [0, 0.05) is 12.1 Å². The van der Waals surface area contributed by atoms with Crippen LogP contribution in [-0.2, 0) is 11.3 Å². The first-order valence-corrected chi connectivity index (χ1v) is 6.89. The van der Waals surface area contributed by atoms with Crippen LogP contribution in [0.4, 0.5) is 0 Å². The summed E-state index contributed by atoms with van der Waals surface area (Å²) < 4.78 is 10.8. The molecule has 1 aromatic carbocycles. The molecular weight excluding hydrogens is 242 g/mol. The minimum Gasteiger partial charge on any atom is -0.496 e. The molecule has 0 aromatic heterocycles. The molecule has 0 unspecified atom stereocenters. The van der Waals surface area contributed by atoms with E-state index in [4.69, 9.17) is 9.47 Å². The van der Waals surface area contributed by atoms with Crippen LogP contribution < -0.4 is 4.74 Å². The van der Waals surface area contributed by atoms with E-state index in [-0.39, 0.29) is 0 Å². The number of aliphatic hydroxyl groups is 1. The Hall–Kier alpha value is -1.10. The lowest BCUT2D eigenvalue weighted by molar-refractivity contribution is 0.0129. The van der Waals surface area contributed by atoms with Crippen LogP contribution in [0.5, 0.6) is 5.75 Å². The second kappa shape index (κ2) is 7.48. The van der Waals surface area contributed by atoms with E-state index in [1.54, 1.807) is 7.11 Å². The Kier molecular flexibility index (Phi) is 5.63. The Morgan fingerprint density at radius 2 is 2.00 bits per heavy atom. The molecule has 106 valence electrons. The predicted octanol–water partition coefficient (Wildman–Crippen LogP) is 1.67. The molecule has 4 nitrogen and oxygen atoms in total. The molecular formula is C15H23NO3. The van der Waals surface area contributed by atoms with Crippen molar-refractivity contribution in [3.05, 3.63) is 29.8 Å². The first-order valence-electron chi connectivity index (χ1n) is 6.89. The number of likely N-dealkylation sites (tertiary alicyclic amines) is 1. The van der Waals surface area contributed by atoms with Crippen LogP contribution in [0.25, 0.3) is 0 Å². The lowest BCUT2D eigenvalue weighted by Crippen LogP contribution is -2.32. The maximum atomic E-state index is 9.92. The normalized spacial score (nSPS) is 17.6. The van der Waals surface area contributed by atoms with Gasteiger partial charge in [0.15, 0.2) is 0 Å². The summed E-state index contributed by atoms with van der Waals surface area (Å²) in [6.45, 7) is 3.76. The molecule has 1 heterocycles. The van der Waals surface area contributed by atoms with Gasteiger partial charge in [0.2, 0.25) is 0 Å². The lowest BCUT2D eigenvalue weighted by atomic mass is 10.2. The van der Waals surface area contributed by atoms with Crippen LogP contribution in [0.1, 0.15) is 18.4 Å². The molecule has 1 N–H and O–H groups in total. The van der Waals surface area contributed by atoms with Crippen LogP contribution in [0.2, 0.25) is 0 Å². The molecule has 0 radical (unpaired) electrons. The Morgan fingerprint density at radius 1 is 1.26 bits per heavy atom. The summed E-state index contributed by atoms with van der Waals surface area (Å²) in [5, 5.41) is 9.92. The van der Waals surface area contributed by atoms with Gasteiger partial charge in [0.1, 0.15) is 5.75 Å². The number of hydrogen-bond acceptors (Lipinski definition) is 4. The van der Waals surface area contributed by atoms with Crippen molar-refractivity contribution in [3.8, 4) is 5.75 Å². The van der Waals surface area contributed by atoms with Crippen LogP contribution in [-0.4, -0.2) is 49.5 Å². The fourth-order valence-corrected chi connectivity index (χ4v) is 2.44. The van der Waals surface area contributed by atoms with Crippen LogP contribution in [0.3, 0.4) is 0 Å². The smallest absolute Gasteiger partial charge is 0.124 e. The number of ether oxygens (including phenoxy) is 2. The van der Waals surface area contributed by atoms with Crippen molar-refractivity contribution < 1.29 is 14.6 Å². The zero-order valence-corrected chi connectivity index (χ0v) is 11.5. The summed E-state index contributed by atoms with van der Waals surface area (Å²) in [7, 11) is 1.65. The highest BCUT2D eigenvalue weighted by Gasteiger charge is 2.15. The Labute approximate surface area is 114 Å². The summed E-state index contributed by atoms with van der Waals surface area (Å²) in [5.41, 5.74) is 1.01. The highest BCUT2D eigenvalue weighted by atomic mass is 16.5. The highest BCUT2D eigenvalue weighted by Crippen LogP contribution is 2.18. The second-order valence-electron chi connectivity index (χ2n) is 4.99. The summed E-state index contributed by atoms with van der Waals surface area (Å²) in [6, 6.07) is 7.79. The van der Waals surface area contributed by atoms with Crippen molar-refractivity contribution in [2.45, 2.75) is 25.6 Å². The van der Waals surface area contributed by atoms with Gasteiger partial charge in [-0.15, -0.1) is 0 Å². The van der Waals surface area contributed by atoms with Gasteiger partial charge in [0.25, 0.3) is 0 Å². The van der Waals surface area contributed by atoms with E-state index in [0.717, 1.165) is 24.4 Å². The zero-order valence-electron chi connectivity index (χ0n) is 11.5. The van der Waals surface area contributed by atoms with E-state index < -0.39 is 6.10 Å². The number of aliphatic hydroxyl groups excluding tert-OH is 1. The topological polar surface area (TPSA) is 41.9 Å². The van der Waals surface area contributed by atoms with Crippen molar-refractivity contribution in [3.63, 3.8) is 0 Å². The molecule has 1 fully saturated rings. The summed E-state index contributed by atoms with van der Waals surface area (Å²) in [5.74, 6) is 0.830. The van der Waals surface area contributed by atoms with E-state index in [1.165, 1.54) is 12.8 Å². The van der Waals surface area contributed by atoms with Crippen molar-refractivity contribution in [1.82, 2.24) is 4.90 Å². The molecule has 2 rings (SSSR count). The number of rotatable bonds is 7. The standard InChI is InChI=1S/C15H23NO3/c1-18-15-7-3-2-6-13(15)11-19-12-14(17)10-16-8-4-5-9-16/h2-3,6-7,14,17H,4-5,8-12H2,1H3/t14-/m1/s1. The van der Waals surface area contributed by atoms with E-state index >= 15 is 0 Å². The third kappa shape index (κ3) is 4.49. The van der Waals surface area contributed by atoms with Gasteiger partial charge in [-0.3, -0.25) is 0 Å². The second-order valence-corrected chi connectivity index (χ2v) is 4.99. The van der Waals surface area contributed by atoms with Gasteiger partial charge in [-0.2, -0.15) is 0 Å². The van der Waals surface area contributed by atoms with Gasteiger partial charge < -0.3 is 19.5 Å².